The summed E-state index contributed by atoms with van der Waals surface area (Å²) < 4.78 is 10.8. The maximum absolute atomic E-state index is 12.9. The minimum absolute atomic E-state index is 0.0675. The number of nitrogens with one attached hydrogen (secondary N) is 1. The zero-order chi connectivity index (χ0) is 19.7. The highest BCUT2D eigenvalue weighted by Crippen LogP contribution is 2.34. The van der Waals surface area contributed by atoms with E-state index in [1.54, 1.807) is 24.3 Å². The second-order valence-electron chi connectivity index (χ2n) is 6.39. The summed E-state index contributed by atoms with van der Waals surface area (Å²) in [5.41, 5.74) is 1.79. The van der Waals surface area contributed by atoms with Crippen LogP contribution in [0.2, 0.25) is 0 Å². The molecule has 0 fully saturated rings. The molecule has 2 aliphatic rings. The summed E-state index contributed by atoms with van der Waals surface area (Å²) in [4.78, 5) is 38.3. The summed E-state index contributed by atoms with van der Waals surface area (Å²) in [6.07, 6.45) is 0.198. The minimum atomic E-state index is -1.12. The third-order valence-corrected chi connectivity index (χ3v) is 4.67. The van der Waals surface area contributed by atoms with Gasteiger partial charge in [0.1, 0.15) is 0 Å². The zero-order valence-electron chi connectivity index (χ0n) is 15.1. The van der Waals surface area contributed by atoms with E-state index in [9.17, 15) is 14.4 Å². The van der Waals surface area contributed by atoms with Gasteiger partial charge in [0.15, 0.2) is 17.3 Å². The first-order chi connectivity index (χ1) is 13.6. The molecule has 0 bridgehead atoms. The van der Waals surface area contributed by atoms with Crippen molar-refractivity contribution in [3.05, 3.63) is 94.3 Å². The molecular weight excluding hydrogens is 358 g/mol. The van der Waals surface area contributed by atoms with Crippen molar-refractivity contribution in [1.82, 2.24) is 5.32 Å². The van der Waals surface area contributed by atoms with Crippen LogP contribution in [-0.2, 0) is 20.8 Å². The second kappa shape index (κ2) is 7.25. The molecule has 28 heavy (non-hydrogen) atoms. The van der Waals surface area contributed by atoms with Crippen LogP contribution in [-0.4, -0.2) is 30.9 Å². The molecule has 1 amide bonds. The van der Waals surface area contributed by atoms with Gasteiger partial charge in [-0.2, -0.15) is 0 Å². The number of hydrogen-bond donors (Lipinski definition) is 1. The fraction of sp³-hybridized carbons (Fsp3) is 0.136. The molecule has 0 saturated carbocycles. The number of carbonyl (C=O) groups is 3. The van der Waals surface area contributed by atoms with Gasteiger partial charge >= 0.3 is 0 Å². The van der Waals surface area contributed by atoms with Gasteiger partial charge in [0, 0.05) is 30.4 Å². The van der Waals surface area contributed by atoms with E-state index in [0.717, 1.165) is 5.56 Å². The average Bonchev–Trinajstić information content (AvgIpc) is 2.75. The summed E-state index contributed by atoms with van der Waals surface area (Å²) in [5, 5.41) is 2.75. The van der Waals surface area contributed by atoms with E-state index in [1.165, 1.54) is 13.2 Å². The van der Waals surface area contributed by atoms with Crippen LogP contribution in [0, 0.1) is 0 Å². The molecule has 140 valence electrons. The van der Waals surface area contributed by atoms with Crippen LogP contribution in [0.4, 0.5) is 0 Å². The first-order valence-corrected chi connectivity index (χ1v) is 8.76. The molecule has 1 aliphatic heterocycles. The number of benzene rings is 2. The van der Waals surface area contributed by atoms with E-state index in [4.69, 9.17) is 9.47 Å². The van der Waals surface area contributed by atoms with E-state index < -0.39 is 12.2 Å². The monoisotopic (exact) mass is 375 g/mol. The quantitative estimate of drug-likeness (QED) is 0.888. The summed E-state index contributed by atoms with van der Waals surface area (Å²) in [5.74, 6) is -1.22. The summed E-state index contributed by atoms with van der Waals surface area (Å²) in [6, 6.07) is 16.0. The van der Waals surface area contributed by atoms with Crippen LogP contribution in [0.15, 0.2) is 77.6 Å². The van der Waals surface area contributed by atoms with Gasteiger partial charge < -0.3 is 14.8 Å². The first kappa shape index (κ1) is 17.9. The molecule has 0 spiro atoms. The summed E-state index contributed by atoms with van der Waals surface area (Å²) in [6.45, 7) is 0.305. The number of amides is 1. The molecule has 0 aromatic heterocycles. The van der Waals surface area contributed by atoms with E-state index in [0.29, 0.717) is 17.7 Å². The van der Waals surface area contributed by atoms with E-state index in [-0.39, 0.29) is 28.5 Å². The zero-order valence-corrected chi connectivity index (χ0v) is 15.1. The fourth-order valence-corrected chi connectivity index (χ4v) is 3.28. The second-order valence-corrected chi connectivity index (χ2v) is 6.39. The van der Waals surface area contributed by atoms with Gasteiger partial charge in [-0.05, 0) is 11.6 Å². The molecule has 6 nitrogen and oxygen atoms in total. The van der Waals surface area contributed by atoms with Crippen LogP contribution in [0.3, 0.4) is 0 Å². The van der Waals surface area contributed by atoms with E-state index in [1.807, 2.05) is 30.3 Å². The topological polar surface area (TPSA) is 81.7 Å². The third-order valence-electron chi connectivity index (χ3n) is 4.67. The van der Waals surface area contributed by atoms with Crippen molar-refractivity contribution in [3.63, 3.8) is 0 Å². The number of methoxy groups -OCH3 is 1. The molecule has 2 aromatic carbocycles. The van der Waals surface area contributed by atoms with Crippen LogP contribution >= 0.6 is 0 Å². The Balaban J connectivity index is 1.65. The lowest BCUT2D eigenvalue weighted by Crippen LogP contribution is -2.37. The minimum Gasteiger partial charge on any atom is -0.455 e. The Kier molecular flexibility index (Phi) is 4.63. The van der Waals surface area contributed by atoms with Gasteiger partial charge in [-0.25, -0.2) is 0 Å². The number of allylic oxidation sites excluding steroid dienone is 2. The van der Waals surface area contributed by atoms with Crippen molar-refractivity contribution in [2.45, 2.75) is 12.8 Å². The Labute approximate surface area is 161 Å². The number of hydrogen-bond acceptors (Lipinski definition) is 5. The van der Waals surface area contributed by atoms with E-state index >= 15 is 0 Å². The Morgan fingerprint density at radius 3 is 2.32 bits per heavy atom. The standard InChI is InChI=1S/C22H17NO5/c1-27-22-18-16(19(24)14-9-5-6-10-15(14)20(18)25)11-17(28-22)21(26)23-12-13-7-3-2-4-8-13/h2-11,22H,12H2,1H3,(H,23,26). The van der Waals surface area contributed by atoms with Crippen molar-refractivity contribution < 1.29 is 23.9 Å². The van der Waals surface area contributed by atoms with Crippen LogP contribution in [0.25, 0.3) is 0 Å². The van der Waals surface area contributed by atoms with Gasteiger partial charge in [0.05, 0.1) is 5.57 Å². The fourth-order valence-electron chi connectivity index (χ4n) is 3.28. The molecular formula is C22H17NO5. The molecule has 4 rings (SSSR count). The van der Waals surface area contributed by atoms with Crippen LogP contribution in [0.5, 0.6) is 0 Å². The molecule has 2 aromatic rings. The normalized spacial score (nSPS) is 18.0. The molecule has 1 heterocycles. The number of carbonyl (C=O) groups excluding carboxylic acids is 3. The number of rotatable bonds is 4. The van der Waals surface area contributed by atoms with Crippen LogP contribution < -0.4 is 5.32 Å². The molecule has 0 saturated heterocycles. The lowest BCUT2D eigenvalue weighted by atomic mass is 9.82. The van der Waals surface area contributed by atoms with Crippen LogP contribution in [0.1, 0.15) is 26.3 Å². The summed E-state index contributed by atoms with van der Waals surface area (Å²) in [7, 11) is 1.36. The lowest BCUT2D eigenvalue weighted by Gasteiger charge is -2.29. The highest BCUT2D eigenvalue weighted by atomic mass is 16.7. The van der Waals surface area contributed by atoms with Crippen molar-refractivity contribution in [2.75, 3.05) is 7.11 Å². The highest BCUT2D eigenvalue weighted by molar-refractivity contribution is 6.28. The first-order valence-electron chi connectivity index (χ1n) is 8.76. The smallest absolute Gasteiger partial charge is 0.286 e. The highest BCUT2D eigenvalue weighted by Gasteiger charge is 2.40. The van der Waals surface area contributed by atoms with E-state index in [2.05, 4.69) is 5.32 Å². The number of ketones is 2. The molecule has 1 aliphatic carbocycles. The van der Waals surface area contributed by atoms with Gasteiger partial charge in [0.25, 0.3) is 5.91 Å². The number of ether oxygens (including phenoxy) is 2. The Bertz CT molecular complexity index is 1040. The Morgan fingerprint density at radius 1 is 1.00 bits per heavy atom. The predicted octanol–water partition coefficient (Wildman–Crippen LogP) is 2.57. The van der Waals surface area contributed by atoms with Gasteiger partial charge in [-0.1, -0.05) is 54.6 Å². The number of fused-ring (bicyclic) bond motifs is 1. The SMILES string of the molecule is COC1OC(C(=O)NCc2ccccc2)=CC2=C1C(=O)c1ccccc1C2=O. The van der Waals surface area contributed by atoms with Gasteiger partial charge in [-0.3, -0.25) is 14.4 Å². The van der Waals surface area contributed by atoms with Crippen molar-refractivity contribution in [3.8, 4) is 0 Å². The van der Waals surface area contributed by atoms with Crippen molar-refractivity contribution >= 4 is 17.5 Å². The maximum Gasteiger partial charge on any atom is 0.286 e. The van der Waals surface area contributed by atoms with Gasteiger partial charge in [0.2, 0.25) is 6.29 Å². The molecule has 1 N–H and O–H groups in total. The summed E-state index contributed by atoms with van der Waals surface area (Å²) >= 11 is 0. The molecule has 6 heteroatoms. The van der Waals surface area contributed by atoms with Crippen molar-refractivity contribution in [1.29, 1.82) is 0 Å². The maximum atomic E-state index is 12.9. The lowest BCUT2D eigenvalue weighted by molar-refractivity contribution is -0.128. The number of Topliss-reactive ketones (excluding diaryl/α,β-unsaturated/α-hetero) is 2. The molecule has 1 unspecified atom stereocenters. The Morgan fingerprint density at radius 2 is 1.64 bits per heavy atom. The predicted molar refractivity (Wildman–Crippen MR) is 100 cm³/mol. The largest absolute Gasteiger partial charge is 0.455 e. The molecule has 0 radical (unpaired) electrons. The van der Waals surface area contributed by atoms with Gasteiger partial charge in [-0.15, -0.1) is 0 Å². The average molecular weight is 375 g/mol. The third kappa shape index (κ3) is 3.04. The molecule has 1 atom stereocenters. The Hall–Kier alpha value is -3.51. The van der Waals surface area contributed by atoms with Crippen molar-refractivity contribution in [2.24, 2.45) is 0 Å².